The lowest BCUT2D eigenvalue weighted by Crippen LogP contribution is -2.53. The normalized spacial score (nSPS) is 27.0. The van der Waals surface area contributed by atoms with Crippen LogP contribution < -0.4 is 0 Å². The Morgan fingerprint density at radius 3 is 2.65 bits per heavy atom. The Morgan fingerprint density at radius 1 is 1.24 bits per heavy atom. The molecule has 3 aliphatic rings. The van der Waals surface area contributed by atoms with Crippen LogP contribution in [0.25, 0.3) is 0 Å². The predicted octanol–water partition coefficient (Wildman–Crippen LogP) is 0.166. The summed E-state index contributed by atoms with van der Waals surface area (Å²) in [5, 5.41) is 6.68. The fourth-order valence-corrected chi connectivity index (χ4v) is 2.40. The molecule has 0 saturated carbocycles. The van der Waals surface area contributed by atoms with Gasteiger partial charge in [-0.3, -0.25) is 0 Å². The fraction of sp³-hybridized carbons (Fsp3) is 0.750. The van der Waals surface area contributed by atoms with Crippen LogP contribution in [0.3, 0.4) is 0 Å². The minimum Gasteiger partial charge on any atom is -0.377 e. The first-order valence-corrected chi connectivity index (χ1v) is 6.37. The van der Waals surface area contributed by atoms with Crippen LogP contribution in [0, 0.1) is 0 Å². The van der Waals surface area contributed by atoms with Crippen molar-refractivity contribution >= 4 is 6.21 Å². The molecule has 0 atom stereocenters. The maximum Gasteiger partial charge on any atom is 0.122 e. The van der Waals surface area contributed by atoms with Gasteiger partial charge in [0.15, 0.2) is 0 Å². The first-order valence-electron chi connectivity index (χ1n) is 6.37. The van der Waals surface area contributed by atoms with Gasteiger partial charge in [-0.1, -0.05) is 0 Å². The number of likely N-dealkylation sites (N-methyl/N-ethyl adjacent to an activating group) is 1. The number of hydrogen-bond acceptors (Lipinski definition) is 5. The van der Waals surface area contributed by atoms with Gasteiger partial charge in [0, 0.05) is 38.8 Å². The molecule has 94 valence electrons. The standard InChI is InChI=1S/C12H20N4O/c1-14-5-7-15(8-6-14)12-3-2-4-13-16(12)11-9-17-10-11/h3-4,11H,2,5-10H2,1H3. The van der Waals surface area contributed by atoms with Gasteiger partial charge in [0.25, 0.3) is 0 Å². The van der Waals surface area contributed by atoms with Gasteiger partial charge in [-0.05, 0) is 13.1 Å². The summed E-state index contributed by atoms with van der Waals surface area (Å²) in [5.41, 5.74) is 0. The molecule has 3 aliphatic heterocycles. The Hall–Kier alpha value is -1.07. The molecule has 0 amide bonds. The first kappa shape index (κ1) is 11.0. The van der Waals surface area contributed by atoms with Crippen molar-refractivity contribution in [1.29, 1.82) is 0 Å². The van der Waals surface area contributed by atoms with Crippen LogP contribution in [0.15, 0.2) is 17.0 Å². The molecule has 2 fully saturated rings. The number of piperazine rings is 1. The minimum atomic E-state index is 0.442. The number of hydrogen-bond donors (Lipinski definition) is 0. The van der Waals surface area contributed by atoms with Gasteiger partial charge in [0.05, 0.1) is 13.2 Å². The molecule has 17 heavy (non-hydrogen) atoms. The van der Waals surface area contributed by atoms with E-state index in [1.165, 1.54) is 5.82 Å². The second-order valence-corrected chi connectivity index (χ2v) is 4.92. The zero-order valence-corrected chi connectivity index (χ0v) is 10.4. The van der Waals surface area contributed by atoms with E-state index in [1.807, 2.05) is 6.21 Å². The topological polar surface area (TPSA) is 31.3 Å². The third-order valence-corrected chi connectivity index (χ3v) is 3.64. The van der Waals surface area contributed by atoms with Crippen molar-refractivity contribution < 1.29 is 4.74 Å². The largest absolute Gasteiger partial charge is 0.377 e. The first-order chi connectivity index (χ1) is 8.34. The number of ether oxygens (including phenoxy) is 1. The highest BCUT2D eigenvalue weighted by Crippen LogP contribution is 2.23. The molecule has 0 unspecified atom stereocenters. The van der Waals surface area contributed by atoms with Crippen molar-refractivity contribution in [2.75, 3.05) is 46.4 Å². The van der Waals surface area contributed by atoms with Crippen molar-refractivity contribution in [3.63, 3.8) is 0 Å². The van der Waals surface area contributed by atoms with Crippen LogP contribution in [0.2, 0.25) is 0 Å². The molecular formula is C12H20N4O. The number of nitrogens with zero attached hydrogens (tertiary/aromatic N) is 4. The van der Waals surface area contributed by atoms with E-state index in [2.05, 4.69) is 33.0 Å². The van der Waals surface area contributed by atoms with Crippen LogP contribution in [-0.4, -0.2) is 73.5 Å². The van der Waals surface area contributed by atoms with Crippen LogP contribution >= 0.6 is 0 Å². The maximum absolute atomic E-state index is 5.27. The highest BCUT2D eigenvalue weighted by Gasteiger charge is 2.31. The molecule has 0 aliphatic carbocycles. The SMILES string of the molecule is CN1CCN(C2=CCC=NN2C2COC2)CC1. The van der Waals surface area contributed by atoms with Gasteiger partial charge in [-0.2, -0.15) is 5.10 Å². The Labute approximate surface area is 102 Å². The summed E-state index contributed by atoms with van der Waals surface area (Å²) in [6.07, 6.45) is 5.22. The summed E-state index contributed by atoms with van der Waals surface area (Å²) < 4.78 is 5.27. The van der Waals surface area contributed by atoms with Crippen molar-refractivity contribution in [3.8, 4) is 0 Å². The zero-order valence-electron chi connectivity index (χ0n) is 10.4. The summed E-state index contributed by atoms with van der Waals surface area (Å²) in [5.74, 6) is 1.29. The fourth-order valence-electron chi connectivity index (χ4n) is 2.40. The van der Waals surface area contributed by atoms with Crippen LogP contribution in [-0.2, 0) is 4.74 Å². The van der Waals surface area contributed by atoms with Crippen LogP contribution in [0.5, 0.6) is 0 Å². The molecule has 0 spiro atoms. The molecule has 5 heteroatoms. The lowest BCUT2D eigenvalue weighted by Gasteiger charge is -2.44. The van der Waals surface area contributed by atoms with E-state index in [0.717, 1.165) is 45.8 Å². The molecule has 0 aromatic heterocycles. The van der Waals surface area contributed by atoms with E-state index in [0.29, 0.717) is 6.04 Å². The molecule has 0 aromatic rings. The van der Waals surface area contributed by atoms with E-state index in [1.54, 1.807) is 0 Å². The second-order valence-electron chi connectivity index (χ2n) is 4.92. The third kappa shape index (κ3) is 2.17. The molecule has 0 radical (unpaired) electrons. The van der Waals surface area contributed by atoms with Crippen LogP contribution in [0.4, 0.5) is 0 Å². The van der Waals surface area contributed by atoms with Crippen molar-refractivity contribution in [2.45, 2.75) is 12.5 Å². The molecule has 2 saturated heterocycles. The molecule has 3 heterocycles. The summed E-state index contributed by atoms with van der Waals surface area (Å²) >= 11 is 0. The van der Waals surface area contributed by atoms with Crippen molar-refractivity contribution in [1.82, 2.24) is 14.8 Å². The molecule has 0 bridgehead atoms. The lowest BCUT2D eigenvalue weighted by atomic mass is 10.2. The molecule has 3 rings (SSSR count). The summed E-state index contributed by atoms with van der Waals surface area (Å²) in [6, 6.07) is 0.442. The van der Waals surface area contributed by atoms with Crippen LogP contribution in [0.1, 0.15) is 6.42 Å². The average molecular weight is 236 g/mol. The third-order valence-electron chi connectivity index (χ3n) is 3.64. The Bertz CT molecular complexity index is 329. The number of allylic oxidation sites excluding steroid dienone is 1. The Kier molecular flexibility index (Phi) is 3.03. The van der Waals surface area contributed by atoms with Crippen molar-refractivity contribution in [3.05, 3.63) is 11.9 Å². The predicted molar refractivity (Wildman–Crippen MR) is 66.7 cm³/mol. The Balaban J connectivity index is 1.69. The monoisotopic (exact) mass is 236 g/mol. The maximum atomic E-state index is 5.27. The lowest BCUT2D eigenvalue weighted by molar-refractivity contribution is -0.0637. The minimum absolute atomic E-state index is 0.442. The molecule has 5 nitrogen and oxygen atoms in total. The second kappa shape index (κ2) is 4.66. The smallest absolute Gasteiger partial charge is 0.122 e. The van der Waals surface area contributed by atoms with Gasteiger partial charge in [-0.25, -0.2) is 5.01 Å². The van der Waals surface area contributed by atoms with Gasteiger partial charge < -0.3 is 14.5 Å². The highest BCUT2D eigenvalue weighted by molar-refractivity contribution is 5.60. The number of hydrazone groups is 1. The molecule has 0 aromatic carbocycles. The van der Waals surface area contributed by atoms with Gasteiger partial charge in [0.2, 0.25) is 0 Å². The van der Waals surface area contributed by atoms with E-state index in [9.17, 15) is 0 Å². The Morgan fingerprint density at radius 2 is 2.00 bits per heavy atom. The summed E-state index contributed by atoms with van der Waals surface area (Å²) in [7, 11) is 2.18. The molecule has 0 N–H and O–H groups in total. The quantitative estimate of drug-likeness (QED) is 0.684. The van der Waals surface area contributed by atoms with Crippen molar-refractivity contribution in [2.24, 2.45) is 5.10 Å². The van der Waals surface area contributed by atoms with Gasteiger partial charge in [-0.15, -0.1) is 0 Å². The van der Waals surface area contributed by atoms with E-state index in [4.69, 9.17) is 4.74 Å². The van der Waals surface area contributed by atoms with Gasteiger partial charge >= 0.3 is 0 Å². The molecular weight excluding hydrogens is 216 g/mol. The summed E-state index contributed by atoms with van der Waals surface area (Å²) in [4.78, 5) is 4.83. The van der Waals surface area contributed by atoms with E-state index in [-0.39, 0.29) is 0 Å². The zero-order chi connectivity index (χ0) is 11.7. The highest BCUT2D eigenvalue weighted by atomic mass is 16.5. The van der Waals surface area contributed by atoms with Gasteiger partial charge in [0.1, 0.15) is 11.9 Å². The van der Waals surface area contributed by atoms with E-state index < -0.39 is 0 Å². The summed E-state index contributed by atoms with van der Waals surface area (Å²) in [6.45, 7) is 6.08. The van der Waals surface area contributed by atoms with E-state index >= 15 is 0 Å². The average Bonchev–Trinajstić information content (AvgIpc) is 2.29. The number of rotatable bonds is 2.